The lowest BCUT2D eigenvalue weighted by molar-refractivity contribution is 0.817. The fourth-order valence-electron chi connectivity index (χ4n) is 4.92. The molecule has 0 amide bonds. The van der Waals surface area contributed by atoms with E-state index in [0.717, 1.165) is 48.0 Å². The van der Waals surface area contributed by atoms with E-state index in [9.17, 15) is 0 Å². The largest absolute Gasteiger partial charge is 0.372 e. The van der Waals surface area contributed by atoms with Gasteiger partial charge in [-0.2, -0.15) is 5.26 Å². The molecular formula is C28H30N6. The molecule has 0 saturated carbocycles. The van der Waals surface area contributed by atoms with Crippen molar-refractivity contribution in [3.05, 3.63) is 77.7 Å². The van der Waals surface area contributed by atoms with E-state index in [2.05, 4.69) is 62.8 Å². The lowest BCUT2D eigenvalue weighted by Gasteiger charge is -2.20. The Balaban J connectivity index is 0.000000764. The number of hydrogen-bond acceptors (Lipinski definition) is 4. The van der Waals surface area contributed by atoms with Crippen molar-refractivity contribution in [1.82, 2.24) is 19.4 Å². The van der Waals surface area contributed by atoms with Gasteiger partial charge in [-0.1, -0.05) is 12.1 Å². The highest BCUT2D eigenvalue weighted by molar-refractivity contribution is 5.73. The van der Waals surface area contributed by atoms with Gasteiger partial charge in [-0.25, -0.2) is 4.98 Å². The van der Waals surface area contributed by atoms with Gasteiger partial charge in [-0.05, 0) is 81.4 Å². The molecule has 172 valence electrons. The van der Waals surface area contributed by atoms with Crippen LogP contribution in [0.2, 0.25) is 0 Å². The summed E-state index contributed by atoms with van der Waals surface area (Å²) in [5.41, 5.74) is 9.04. The molecule has 0 unspecified atom stereocenters. The number of anilines is 1. The molecule has 6 rings (SSSR count). The van der Waals surface area contributed by atoms with Gasteiger partial charge in [0.15, 0.2) is 5.82 Å². The van der Waals surface area contributed by atoms with Crippen molar-refractivity contribution in [3.63, 3.8) is 0 Å². The minimum absolute atomic E-state index is 0.680. The zero-order valence-electron chi connectivity index (χ0n) is 20.0. The zero-order valence-corrected chi connectivity index (χ0v) is 20.0. The molecule has 6 heteroatoms. The second kappa shape index (κ2) is 9.20. The zero-order chi connectivity index (χ0) is 23.7. The van der Waals surface area contributed by atoms with Crippen LogP contribution in [0.15, 0.2) is 60.9 Å². The number of nitrogens with zero attached hydrogens (tertiary/aromatic N) is 5. The van der Waals surface area contributed by atoms with E-state index in [1.165, 1.54) is 29.8 Å². The molecule has 4 heterocycles. The molecule has 2 aromatic heterocycles. The molecule has 2 aliphatic heterocycles. The van der Waals surface area contributed by atoms with Crippen molar-refractivity contribution in [1.29, 1.82) is 5.26 Å². The number of rotatable bonds is 2. The van der Waals surface area contributed by atoms with Crippen molar-refractivity contribution in [2.24, 2.45) is 0 Å². The first-order valence-corrected chi connectivity index (χ1v) is 11.8. The monoisotopic (exact) mass is 450 g/mol. The Morgan fingerprint density at radius 2 is 1.71 bits per heavy atom. The van der Waals surface area contributed by atoms with Gasteiger partial charge >= 0.3 is 0 Å². The molecule has 34 heavy (non-hydrogen) atoms. The summed E-state index contributed by atoms with van der Waals surface area (Å²) in [7, 11) is 3.75. The first kappa shape index (κ1) is 22.0. The van der Waals surface area contributed by atoms with Gasteiger partial charge in [0.25, 0.3) is 0 Å². The maximum atomic E-state index is 9.10. The van der Waals surface area contributed by atoms with Crippen LogP contribution in [0.3, 0.4) is 0 Å². The Morgan fingerprint density at radius 3 is 2.41 bits per heavy atom. The van der Waals surface area contributed by atoms with Gasteiger partial charge in [0.1, 0.15) is 0 Å². The summed E-state index contributed by atoms with van der Waals surface area (Å²) in [6.07, 6.45) is 6.72. The summed E-state index contributed by atoms with van der Waals surface area (Å²) in [6, 6.07) is 19.1. The van der Waals surface area contributed by atoms with Gasteiger partial charge in [-0.3, -0.25) is 4.57 Å². The Hall–Kier alpha value is -3.82. The average molecular weight is 451 g/mol. The van der Waals surface area contributed by atoms with E-state index < -0.39 is 0 Å². The predicted molar refractivity (Wildman–Crippen MR) is 137 cm³/mol. The summed E-state index contributed by atoms with van der Waals surface area (Å²) in [5, 5.41) is 11.8. The fourth-order valence-corrected chi connectivity index (χ4v) is 4.92. The van der Waals surface area contributed by atoms with Crippen LogP contribution < -0.4 is 10.2 Å². The first-order chi connectivity index (χ1) is 16.6. The van der Waals surface area contributed by atoms with Gasteiger partial charge in [0.05, 0.1) is 23.0 Å². The third-order valence-electron chi connectivity index (χ3n) is 6.53. The average Bonchev–Trinajstić information content (AvgIpc) is 3.59. The van der Waals surface area contributed by atoms with E-state index in [1.807, 2.05) is 44.6 Å². The molecule has 2 aliphatic rings. The lowest BCUT2D eigenvalue weighted by atomic mass is 10.1. The van der Waals surface area contributed by atoms with Crippen molar-refractivity contribution >= 4 is 5.69 Å². The molecule has 1 N–H and O–H groups in total. The highest BCUT2D eigenvalue weighted by Gasteiger charge is 2.24. The number of nitrogens with one attached hydrogen (secondary N) is 1. The van der Waals surface area contributed by atoms with E-state index in [4.69, 9.17) is 10.2 Å². The Labute approximate surface area is 201 Å². The summed E-state index contributed by atoms with van der Waals surface area (Å²) in [4.78, 5) is 7.27. The van der Waals surface area contributed by atoms with Crippen LogP contribution >= 0.6 is 0 Å². The lowest BCUT2D eigenvalue weighted by Crippen LogP contribution is -2.18. The SMILES string of the molecule is CNC.Cc1cnc2n1-c1ccc(N3CCCC3)cc1Cn1cc(-c3ccc(C#N)cc3)cc1-2. The molecule has 0 aliphatic carbocycles. The molecule has 1 saturated heterocycles. The molecule has 1 fully saturated rings. The third kappa shape index (κ3) is 3.89. The summed E-state index contributed by atoms with van der Waals surface area (Å²) < 4.78 is 4.59. The minimum atomic E-state index is 0.680. The smallest absolute Gasteiger partial charge is 0.161 e. The maximum Gasteiger partial charge on any atom is 0.161 e. The molecular weight excluding hydrogens is 420 g/mol. The summed E-state index contributed by atoms with van der Waals surface area (Å²) >= 11 is 0. The normalized spacial score (nSPS) is 13.8. The highest BCUT2D eigenvalue weighted by Crippen LogP contribution is 2.36. The first-order valence-electron chi connectivity index (χ1n) is 11.8. The Kier molecular flexibility index (Phi) is 5.95. The van der Waals surface area contributed by atoms with E-state index in [-0.39, 0.29) is 0 Å². The predicted octanol–water partition coefficient (Wildman–Crippen LogP) is 4.99. The quantitative estimate of drug-likeness (QED) is 0.412. The van der Waals surface area contributed by atoms with Crippen molar-refractivity contribution in [3.8, 4) is 34.4 Å². The van der Waals surface area contributed by atoms with Gasteiger partial charge < -0.3 is 14.8 Å². The molecule has 0 spiro atoms. The molecule has 0 atom stereocenters. The molecule has 0 radical (unpaired) electrons. The van der Waals surface area contributed by atoms with E-state index in [0.29, 0.717) is 5.56 Å². The number of imidazole rings is 1. The van der Waals surface area contributed by atoms with Crippen LogP contribution in [0.4, 0.5) is 5.69 Å². The number of aryl methyl sites for hydroxylation is 1. The van der Waals surface area contributed by atoms with Gasteiger partial charge in [0.2, 0.25) is 0 Å². The van der Waals surface area contributed by atoms with Gasteiger partial charge in [0, 0.05) is 49.0 Å². The number of nitriles is 1. The molecule has 2 aromatic carbocycles. The molecule has 4 aromatic rings. The number of fused-ring (bicyclic) bond motifs is 5. The van der Waals surface area contributed by atoms with Crippen molar-refractivity contribution in [2.75, 3.05) is 32.1 Å². The van der Waals surface area contributed by atoms with Crippen LogP contribution in [0.5, 0.6) is 0 Å². The third-order valence-corrected chi connectivity index (χ3v) is 6.53. The number of aromatic nitrogens is 3. The topological polar surface area (TPSA) is 61.8 Å². The molecule has 0 bridgehead atoms. The van der Waals surface area contributed by atoms with Crippen LogP contribution in [-0.2, 0) is 6.54 Å². The van der Waals surface area contributed by atoms with Gasteiger partial charge in [-0.15, -0.1) is 0 Å². The second-order valence-electron chi connectivity index (χ2n) is 9.00. The summed E-state index contributed by atoms with van der Waals surface area (Å²) in [5.74, 6) is 0.977. The summed E-state index contributed by atoms with van der Waals surface area (Å²) in [6.45, 7) is 5.22. The van der Waals surface area contributed by atoms with Crippen molar-refractivity contribution < 1.29 is 0 Å². The van der Waals surface area contributed by atoms with Crippen LogP contribution in [0, 0.1) is 18.3 Å². The number of hydrogen-bond donors (Lipinski definition) is 1. The van der Waals surface area contributed by atoms with Crippen LogP contribution in [-0.4, -0.2) is 41.3 Å². The maximum absolute atomic E-state index is 9.10. The Morgan fingerprint density at radius 1 is 0.971 bits per heavy atom. The Bertz CT molecular complexity index is 1350. The number of benzene rings is 2. The van der Waals surface area contributed by atoms with E-state index in [1.54, 1.807) is 0 Å². The standard InChI is InChI=1S/C26H23N5.C2H7N/c1-18-15-28-26-25-13-21(20-6-4-19(14-27)5-7-20)16-30(25)17-22-12-23(29-10-2-3-11-29)8-9-24(22)31(18)26;1-3-2/h4-9,12-13,15-16H,2-3,10-11,17H2,1H3;3H,1-2H3. The highest BCUT2D eigenvalue weighted by atomic mass is 15.2. The minimum Gasteiger partial charge on any atom is -0.372 e. The van der Waals surface area contributed by atoms with Crippen molar-refractivity contribution in [2.45, 2.75) is 26.3 Å². The van der Waals surface area contributed by atoms with Crippen LogP contribution in [0.25, 0.3) is 28.3 Å². The second-order valence-corrected chi connectivity index (χ2v) is 9.00. The van der Waals surface area contributed by atoms with Crippen LogP contribution in [0.1, 0.15) is 29.7 Å². The fraction of sp³-hybridized carbons (Fsp3) is 0.286. The molecule has 6 nitrogen and oxygen atoms in total. The van der Waals surface area contributed by atoms with E-state index >= 15 is 0 Å².